The fourth-order valence-electron chi connectivity index (χ4n) is 4.82. The van der Waals surface area contributed by atoms with E-state index in [1.165, 1.54) is 6.07 Å². The van der Waals surface area contributed by atoms with Gasteiger partial charge in [0.15, 0.2) is 0 Å². The van der Waals surface area contributed by atoms with Crippen LogP contribution in [0.15, 0.2) is 48.5 Å². The molecule has 1 aliphatic rings. The lowest BCUT2D eigenvalue weighted by molar-refractivity contribution is -0.0149. The highest BCUT2D eigenvalue weighted by Crippen LogP contribution is 2.29. The van der Waals surface area contributed by atoms with Crippen molar-refractivity contribution >= 4 is 27.5 Å². The number of aliphatic hydroxyl groups excluding tert-OH is 1. The zero-order valence-corrected chi connectivity index (χ0v) is 25.4. The molecular weight excluding hydrogens is 546 g/mol. The van der Waals surface area contributed by atoms with Gasteiger partial charge in [0.1, 0.15) is 5.75 Å². The van der Waals surface area contributed by atoms with E-state index in [-0.39, 0.29) is 48.4 Å². The summed E-state index contributed by atoms with van der Waals surface area (Å²) in [5.41, 5.74) is 1.02. The Labute approximate surface area is 243 Å². The van der Waals surface area contributed by atoms with E-state index in [2.05, 4.69) is 4.72 Å². The van der Waals surface area contributed by atoms with Crippen molar-refractivity contribution in [1.29, 1.82) is 0 Å². The fourth-order valence-corrected chi connectivity index (χ4v) is 5.37. The van der Waals surface area contributed by atoms with Crippen molar-refractivity contribution in [3.8, 4) is 5.75 Å². The molecule has 0 radical (unpaired) electrons. The zero-order chi connectivity index (χ0) is 30.2. The Morgan fingerprint density at radius 3 is 2.54 bits per heavy atom. The van der Waals surface area contributed by atoms with Crippen molar-refractivity contribution in [3.05, 3.63) is 59.7 Å². The molecule has 0 unspecified atom stereocenters. The molecule has 0 aliphatic carbocycles. The van der Waals surface area contributed by atoms with Gasteiger partial charge in [-0.1, -0.05) is 25.1 Å². The average molecular weight is 590 g/mol. The summed E-state index contributed by atoms with van der Waals surface area (Å²) in [6.07, 6.45) is 2.83. The summed E-state index contributed by atoms with van der Waals surface area (Å²) in [6, 6.07) is 13.1. The molecule has 3 rings (SSSR count). The Bertz CT molecular complexity index is 1270. The standard InChI is InChI=1S/C30H43N3O7S/c1-21-18-33(22(2)20-34)30(36)26-17-25(31-41(5,37)38)14-15-27(26)40-23(3)11-9-10-16-39-28(21)19-32(4)29(35)24-12-7-6-8-13-24/h6-8,12-15,17,21-23,28,31,34H,9-11,16,18-20H2,1-5H3/t21-,22+,23+,28-/m1/s1. The topological polar surface area (TPSA) is 125 Å². The molecule has 0 spiro atoms. The quantitative estimate of drug-likeness (QED) is 0.505. The molecule has 0 saturated heterocycles. The average Bonchev–Trinajstić information content (AvgIpc) is 2.93. The van der Waals surface area contributed by atoms with Crippen LogP contribution < -0.4 is 9.46 Å². The van der Waals surface area contributed by atoms with E-state index >= 15 is 0 Å². The first kappa shape index (κ1) is 32.4. The van der Waals surface area contributed by atoms with Crippen LogP contribution in [-0.2, 0) is 14.8 Å². The smallest absolute Gasteiger partial charge is 0.258 e. The molecule has 41 heavy (non-hydrogen) atoms. The number of sulfonamides is 1. The van der Waals surface area contributed by atoms with Gasteiger partial charge >= 0.3 is 0 Å². The molecule has 0 bridgehead atoms. The zero-order valence-electron chi connectivity index (χ0n) is 24.6. The predicted molar refractivity (Wildman–Crippen MR) is 159 cm³/mol. The minimum absolute atomic E-state index is 0.122. The van der Waals surface area contributed by atoms with E-state index in [1.807, 2.05) is 32.0 Å². The van der Waals surface area contributed by atoms with Gasteiger partial charge in [0, 0.05) is 43.9 Å². The first-order chi connectivity index (χ1) is 19.4. The Morgan fingerprint density at radius 1 is 1.17 bits per heavy atom. The second-order valence-corrected chi connectivity index (χ2v) is 12.7. The number of nitrogens with one attached hydrogen (secondary N) is 1. The monoisotopic (exact) mass is 589 g/mol. The first-order valence-electron chi connectivity index (χ1n) is 14.0. The predicted octanol–water partition coefficient (Wildman–Crippen LogP) is 3.63. The van der Waals surface area contributed by atoms with Crippen LogP contribution in [0.3, 0.4) is 0 Å². The van der Waals surface area contributed by atoms with E-state index < -0.39 is 22.0 Å². The van der Waals surface area contributed by atoms with Crippen molar-refractivity contribution < 1.29 is 32.6 Å². The molecule has 1 heterocycles. The number of carbonyl (C=O) groups is 2. The maximum Gasteiger partial charge on any atom is 0.258 e. The van der Waals surface area contributed by atoms with Gasteiger partial charge in [0.05, 0.1) is 36.7 Å². The van der Waals surface area contributed by atoms with Gasteiger partial charge in [0.2, 0.25) is 10.0 Å². The number of benzene rings is 2. The molecule has 10 nitrogen and oxygen atoms in total. The van der Waals surface area contributed by atoms with Gasteiger partial charge in [-0.15, -0.1) is 0 Å². The molecule has 0 aromatic heterocycles. The minimum atomic E-state index is -3.57. The van der Waals surface area contributed by atoms with Crippen LogP contribution in [0, 0.1) is 5.92 Å². The highest BCUT2D eigenvalue weighted by atomic mass is 32.2. The second kappa shape index (κ2) is 14.7. The number of fused-ring (bicyclic) bond motifs is 1. The molecule has 1 aliphatic heterocycles. The molecule has 11 heteroatoms. The largest absolute Gasteiger partial charge is 0.490 e. The minimum Gasteiger partial charge on any atom is -0.490 e. The highest BCUT2D eigenvalue weighted by Gasteiger charge is 2.31. The van der Waals surface area contributed by atoms with Crippen molar-refractivity contribution in [2.24, 2.45) is 5.92 Å². The number of hydrogen-bond acceptors (Lipinski definition) is 7. The lowest BCUT2D eigenvalue weighted by atomic mass is 10.0. The third kappa shape index (κ3) is 9.44. The molecular formula is C30H43N3O7S. The van der Waals surface area contributed by atoms with Gasteiger partial charge in [-0.2, -0.15) is 0 Å². The maximum absolute atomic E-state index is 14.1. The normalized spacial score (nSPS) is 21.7. The lowest BCUT2D eigenvalue weighted by Crippen LogP contribution is -2.48. The molecule has 2 amide bonds. The fraction of sp³-hybridized carbons (Fsp3) is 0.533. The lowest BCUT2D eigenvalue weighted by Gasteiger charge is -2.36. The van der Waals surface area contributed by atoms with Crippen LogP contribution in [-0.4, -0.2) is 93.0 Å². The van der Waals surface area contributed by atoms with Crippen molar-refractivity contribution in [2.45, 2.75) is 58.3 Å². The third-order valence-corrected chi connectivity index (χ3v) is 7.78. The summed E-state index contributed by atoms with van der Waals surface area (Å²) >= 11 is 0. The van der Waals surface area contributed by atoms with E-state index in [9.17, 15) is 23.1 Å². The molecule has 2 aromatic rings. The second-order valence-electron chi connectivity index (χ2n) is 10.9. The molecule has 2 N–H and O–H groups in total. The summed E-state index contributed by atoms with van der Waals surface area (Å²) in [5.74, 6) is -0.379. The van der Waals surface area contributed by atoms with E-state index in [4.69, 9.17) is 9.47 Å². The summed E-state index contributed by atoms with van der Waals surface area (Å²) in [7, 11) is -1.84. The number of nitrogens with zero attached hydrogens (tertiary/aromatic N) is 2. The summed E-state index contributed by atoms with van der Waals surface area (Å²) in [6.45, 7) is 6.41. The maximum atomic E-state index is 14.1. The van der Waals surface area contributed by atoms with Gasteiger partial charge < -0.3 is 24.4 Å². The number of rotatable bonds is 7. The van der Waals surface area contributed by atoms with Crippen LogP contribution in [0.25, 0.3) is 0 Å². The van der Waals surface area contributed by atoms with E-state index in [1.54, 1.807) is 48.0 Å². The number of hydrogen-bond donors (Lipinski definition) is 2. The molecule has 0 saturated carbocycles. The molecule has 4 atom stereocenters. The van der Waals surface area contributed by atoms with Crippen LogP contribution in [0.1, 0.15) is 60.7 Å². The van der Waals surface area contributed by atoms with Crippen LogP contribution >= 0.6 is 0 Å². The number of anilines is 1. The Hall–Kier alpha value is -3.15. The van der Waals surface area contributed by atoms with Crippen molar-refractivity contribution in [3.63, 3.8) is 0 Å². The van der Waals surface area contributed by atoms with Crippen LogP contribution in [0.2, 0.25) is 0 Å². The molecule has 226 valence electrons. The number of aliphatic hydroxyl groups is 1. The van der Waals surface area contributed by atoms with Crippen molar-refractivity contribution in [1.82, 2.24) is 9.80 Å². The van der Waals surface area contributed by atoms with Crippen LogP contribution in [0.4, 0.5) is 5.69 Å². The number of amides is 2. The van der Waals surface area contributed by atoms with Gasteiger partial charge in [-0.3, -0.25) is 14.3 Å². The van der Waals surface area contributed by atoms with Gasteiger partial charge in [-0.05, 0) is 63.4 Å². The SMILES string of the molecule is C[C@@H]1CN([C@@H](C)CO)C(=O)c2cc(NS(C)(=O)=O)ccc2O[C@@H](C)CCCCO[C@@H]1CN(C)C(=O)c1ccccc1. The van der Waals surface area contributed by atoms with Crippen LogP contribution in [0.5, 0.6) is 5.75 Å². The molecule has 0 fully saturated rings. The van der Waals surface area contributed by atoms with E-state index in [0.29, 0.717) is 24.5 Å². The first-order valence-corrected chi connectivity index (χ1v) is 15.9. The Morgan fingerprint density at radius 2 is 1.88 bits per heavy atom. The summed E-state index contributed by atoms with van der Waals surface area (Å²) in [4.78, 5) is 30.3. The molecule has 2 aromatic carbocycles. The number of likely N-dealkylation sites (N-methyl/N-ethyl adjacent to an activating group) is 1. The summed E-state index contributed by atoms with van der Waals surface area (Å²) < 4.78 is 38.7. The Balaban J connectivity index is 1.95. The number of carbonyl (C=O) groups excluding carboxylic acids is 2. The highest BCUT2D eigenvalue weighted by molar-refractivity contribution is 7.92. The van der Waals surface area contributed by atoms with Gasteiger partial charge in [0.25, 0.3) is 11.8 Å². The summed E-state index contributed by atoms with van der Waals surface area (Å²) in [5, 5.41) is 10.1. The number of ether oxygens (including phenoxy) is 2. The van der Waals surface area contributed by atoms with E-state index in [0.717, 1.165) is 25.5 Å². The third-order valence-electron chi connectivity index (χ3n) is 7.18. The van der Waals surface area contributed by atoms with Crippen molar-refractivity contribution in [2.75, 3.05) is 44.3 Å². The Kier molecular flexibility index (Phi) is 11.6. The van der Waals surface area contributed by atoms with Gasteiger partial charge in [-0.25, -0.2) is 8.42 Å².